The van der Waals surface area contributed by atoms with E-state index in [0.29, 0.717) is 5.92 Å². The molecule has 1 heterocycles. The summed E-state index contributed by atoms with van der Waals surface area (Å²) in [5.41, 5.74) is 7.18. The lowest BCUT2D eigenvalue weighted by Crippen LogP contribution is -2.04. The number of nitrogen functional groups attached to an aromatic ring is 1. The number of rotatable bonds is 3. The van der Waals surface area contributed by atoms with Crippen molar-refractivity contribution in [2.24, 2.45) is 0 Å². The highest BCUT2D eigenvalue weighted by atomic mass is 15.1. The van der Waals surface area contributed by atoms with Crippen molar-refractivity contribution in [3.8, 4) is 0 Å². The lowest BCUT2D eigenvalue weighted by molar-refractivity contribution is 0.665. The van der Waals surface area contributed by atoms with Gasteiger partial charge >= 0.3 is 0 Å². The second-order valence-electron chi connectivity index (χ2n) is 3.86. The molecule has 0 aliphatic heterocycles. The van der Waals surface area contributed by atoms with Gasteiger partial charge in [0.1, 0.15) is 11.6 Å². The van der Waals surface area contributed by atoms with Crippen molar-refractivity contribution >= 4 is 5.82 Å². The van der Waals surface area contributed by atoms with Gasteiger partial charge in [0, 0.05) is 12.5 Å². The maximum absolute atomic E-state index is 6.03. The summed E-state index contributed by atoms with van der Waals surface area (Å²) < 4.78 is 2.13. The van der Waals surface area contributed by atoms with Crippen LogP contribution in [0.5, 0.6) is 0 Å². The molecule has 72 valence electrons. The Morgan fingerprint density at radius 2 is 2.23 bits per heavy atom. The minimum absolute atomic E-state index is 0.664. The van der Waals surface area contributed by atoms with Crippen molar-refractivity contribution in [3.63, 3.8) is 0 Å². The van der Waals surface area contributed by atoms with Crippen LogP contribution in [0.3, 0.4) is 0 Å². The first-order chi connectivity index (χ1) is 6.24. The summed E-state index contributed by atoms with van der Waals surface area (Å²) in [6.07, 6.45) is 3.66. The molecule has 2 rings (SSSR count). The normalized spacial score (nSPS) is 16.5. The second kappa shape index (κ2) is 3.05. The molecule has 1 saturated carbocycles. The Morgan fingerprint density at radius 3 is 2.77 bits per heavy atom. The highest BCUT2D eigenvalue weighted by Gasteiger charge is 2.29. The van der Waals surface area contributed by atoms with Gasteiger partial charge in [-0.3, -0.25) is 0 Å². The summed E-state index contributed by atoms with van der Waals surface area (Å²) in [6.45, 7) is 5.20. The molecular weight excluding hydrogens is 162 g/mol. The Morgan fingerprint density at radius 1 is 1.54 bits per heavy atom. The van der Waals surface area contributed by atoms with E-state index in [4.69, 9.17) is 5.73 Å². The SMILES string of the molecule is CCCn1c(C)nc(C2CC2)c1N. The lowest BCUT2D eigenvalue weighted by atomic mass is 10.3. The van der Waals surface area contributed by atoms with Gasteiger partial charge in [-0.15, -0.1) is 0 Å². The molecule has 0 aromatic carbocycles. The summed E-state index contributed by atoms with van der Waals surface area (Å²) >= 11 is 0. The molecule has 0 amide bonds. The molecule has 2 N–H and O–H groups in total. The van der Waals surface area contributed by atoms with Crippen LogP contribution in [0, 0.1) is 6.92 Å². The van der Waals surface area contributed by atoms with Gasteiger partial charge < -0.3 is 10.3 Å². The van der Waals surface area contributed by atoms with Gasteiger partial charge in [-0.2, -0.15) is 0 Å². The number of hydrogen-bond acceptors (Lipinski definition) is 2. The average molecular weight is 179 g/mol. The Labute approximate surface area is 79.0 Å². The van der Waals surface area contributed by atoms with Gasteiger partial charge in [0.05, 0.1) is 5.69 Å². The zero-order valence-corrected chi connectivity index (χ0v) is 8.38. The molecule has 3 heteroatoms. The van der Waals surface area contributed by atoms with Crippen LogP contribution in [0.2, 0.25) is 0 Å². The average Bonchev–Trinajstić information content (AvgIpc) is 2.88. The van der Waals surface area contributed by atoms with Crippen molar-refractivity contribution in [3.05, 3.63) is 11.5 Å². The monoisotopic (exact) mass is 179 g/mol. The van der Waals surface area contributed by atoms with Crippen LogP contribution in [-0.2, 0) is 6.54 Å². The zero-order valence-electron chi connectivity index (χ0n) is 8.38. The van der Waals surface area contributed by atoms with Gasteiger partial charge in [-0.1, -0.05) is 6.92 Å². The molecule has 0 radical (unpaired) electrons. The van der Waals surface area contributed by atoms with Gasteiger partial charge in [-0.05, 0) is 26.2 Å². The fourth-order valence-corrected chi connectivity index (χ4v) is 1.77. The number of nitrogens with zero attached hydrogens (tertiary/aromatic N) is 2. The van der Waals surface area contributed by atoms with E-state index in [1.54, 1.807) is 0 Å². The molecule has 1 aliphatic rings. The number of anilines is 1. The van der Waals surface area contributed by atoms with Gasteiger partial charge in [0.15, 0.2) is 0 Å². The smallest absolute Gasteiger partial charge is 0.127 e. The predicted molar refractivity (Wildman–Crippen MR) is 53.6 cm³/mol. The molecule has 0 atom stereocenters. The van der Waals surface area contributed by atoms with Crippen LogP contribution in [0.25, 0.3) is 0 Å². The van der Waals surface area contributed by atoms with Crippen molar-refractivity contribution in [1.29, 1.82) is 0 Å². The predicted octanol–water partition coefficient (Wildman–Crippen LogP) is 2.06. The Balaban J connectivity index is 2.32. The minimum atomic E-state index is 0.664. The van der Waals surface area contributed by atoms with Crippen LogP contribution >= 0.6 is 0 Å². The van der Waals surface area contributed by atoms with E-state index in [-0.39, 0.29) is 0 Å². The van der Waals surface area contributed by atoms with E-state index in [0.717, 1.165) is 30.3 Å². The molecule has 0 bridgehead atoms. The summed E-state index contributed by atoms with van der Waals surface area (Å²) in [6, 6.07) is 0. The number of hydrogen-bond donors (Lipinski definition) is 1. The van der Waals surface area contributed by atoms with Crippen LogP contribution in [-0.4, -0.2) is 9.55 Å². The number of aromatic nitrogens is 2. The molecule has 3 nitrogen and oxygen atoms in total. The first kappa shape index (κ1) is 8.60. The molecule has 0 unspecified atom stereocenters. The Hall–Kier alpha value is -0.990. The third-order valence-electron chi connectivity index (χ3n) is 2.64. The number of imidazole rings is 1. The van der Waals surface area contributed by atoms with E-state index in [1.165, 1.54) is 12.8 Å². The van der Waals surface area contributed by atoms with Crippen LogP contribution < -0.4 is 5.73 Å². The number of aryl methyl sites for hydroxylation is 1. The topological polar surface area (TPSA) is 43.8 Å². The van der Waals surface area contributed by atoms with Crippen molar-refractivity contribution in [1.82, 2.24) is 9.55 Å². The maximum atomic E-state index is 6.03. The van der Waals surface area contributed by atoms with E-state index in [1.807, 2.05) is 6.92 Å². The molecule has 0 saturated heterocycles. The van der Waals surface area contributed by atoms with Crippen LogP contribution in [0.4, 0.5) is 5.82 Å². The van der Waals surface area contributed by atoms with Crippen LogP contribution in [0.15, 0.2) is 0 Å². The highest BCUT2D eigenvalue weighted by Crippen LogP contribution is 2.42. The Bertz CT molecular complexity index is 310. The molecule has 1 aromatic heterocycles. The fourth-order valence-electron chi connectivity index (χ4n) is 1.77. The minimum Gasteiger partial charge on any atom is -0.384 e. The molecule has 1 aromatic rings. The van der Waals surface area contributed by atoms with Gasteiger partial charge in [-0.25, -0.2) is 4.98 Å². The molecule has 1 fully saturated rings. The van der Waals surface area contributed by atoms with Crippen molar-refractivity contribution in [2.75, 3.05) is 5.73 Å². The van der Waals surface area contributed by atoms with Gasteiger partial charge in [0.25, 0.3) is 0 Å². The molecule has 13 heavy (non-hydrogen) atoms. The summed E-state index contributed by atoms with van der Waals surface area (Å²) in [7, 11) is 0. The maximum Gasteiger partial charge on any atom is 0.127 e. The summed E-state index contributed by atoms with van der Waals surface area (Å²) in [5.74, 6) is 2.64. The third kappa shape index (κ3) is 1.43. The zero-order chi connectivity index (χ0) is 9.42. The second-order valence-corrected chi connectivity index (χ2v) is 3.86. The summed E-state index contributed by atoms with van der Waals surface area (Å²) in [5, 5.41) is 0. The standard InChI is InChI=1S/C10H17N3/c1-3-6-13-7(2)12-9(10(13)11)8-4-5-8/h8H,3-6,11H2,1-2H3. The van der Waals surface area contributed by atoms with E-state index < -0.39 is 0 Å². The van der Waals surface area contributed by atoms with Crippen molar-refractivity contribution in [2.45, 2.75) is 45.6 Å². The van der Waals surface area contributed by atoms with E-state index in [9.17, 15) is 0 Å². The van der Waals surface area contributed by atoms with Gasteiger partial charge in [0.2, 0.25) is 0 Å². The lowest BCUT2D eigenvalue weighted by Gasteiger charge is -2.04. The highest BCUT2D eigenvalue weighted by molar-refractivity contribution is 5.42. The first-order valence-electron chi connectivity index (χ1n) is 5.06. The fraction of sp³-hybridized carbons (Fsp3) is 0.700. The summed E-state index contributed by atoms with van der Waals surface area (Å²) in [4.78, 5) is 4.53. The molecule has 0 spiro atoms. The van der Waals surface area contributed by atoms with E-state index >= 15 is 0 Å². The quantitative estimate of drug-likeness (QED) is 0.771. The molecular formula is C10H17N3. The van der Waals surface area contributed by atoms with Crippen molar-refractivity contribution < 1.29 is 0 Å². The first-order valence-corrected chi connectivity index (χ1v) is 5.06. The Kier molecular flexibility index (Phi) is 2.02. The van der Waals surface area contributed by atoms with Crippen LogP contribution in [0.1, 0.15) is 43.6 Å². The number of nitrogens with two attached hydrogens (primary N) is 1. The third-order valence-corrected chi connectivity index (χ3v) is 2.64. The molecule has 1 aliphatic carbocycles. The van der Waals surface area contributed by atoms with E-state index in [2.05, 4.69) is 16.5 Å². The largest absolute Gasteiger partial charge is 0.384 e.